The largest absolute Gasteiger partial charge is 0.332 e. The van der Waals surface area contributed by atoms with Crippen LogP contribution in [-0.2, 0) is 14.8 Å². The molecule has 7 nitrogen and oxygen atoms in total. The van der Waals surface area contributed by atoms with Crippen molar-refractivity contribution in [2.24, 2.45) is 0 Å². The fourth-order valence-corrected chi connectivity index (χ4v) is 4.05. The fraction of sp³-hybridized carbons (Fsp3) is 0.467. The number of hydrogen-bond donors (Lipinski definition) is 0. The van der Waals surface area contributed by atoms with E-state index in [0.717, 1.165) is 15.6 Å². The van der Waals surface area contributed by atoms with E-state index in [1.54, 1.807) is 11.8 Å². The molecule has 1 aromatic rings. The smallest absolute Gasteiger partial charge is 0.309 e. The van der Waals surface area contributed by atoms with Crippen molar-refractivity contribution in [1.82, 2.24) is 9.21 Å². The van der Waals surface area contributed by atoms with E-state index in [9.17, 15) is 18.0 Å². The van der Waals surface area contributed by atoms with Gasteiger partial charge in [-0.05, 0) is 44.0 Å². The van der Waals surface area contributed by atoms with Crippen LogP contribution in [-0.4, -0.2) is 55.7 Å². The van der Waals surface area contributed by atoms with E-state index in [1.165, 1.54) is 38.4 Å². The maximum atomic E-state index is 12.6. The fourth-order valence-electron chi connectivity index (χ4n) is 3.15. The van der Waals surface area contributed by atoms with E-state index in [-0.39, 0.29) is 16.8 Å². The molecule has 0 spiro atoms. The van der Waals surface area contributed by atoms with E-state index in [2.05, 4.69) is 0 Å². The molecule has 0 N–H and O–H groups in total. The first-order chi connectivity index (χ1) is 10.7. The molecule has 2 fully saturated rings. The Labute approximate surface area is 135 Å². The summed E-state index contributed by atoms with van der Waals surface area (Å²) in [5, 5.41) is 0. The predicted octanol–water partition coefficient (Wildman–Crippen LogP) is 1.26. The Morgan fingerprint density at radius 1 is 1.13 bits per heavy atom. The van der Waals surface area contributed by atoms with Crippen LogP contribution in [0.15, 0.2) is 29.2 Å². The molecule has 3 amide bonds. The molecule has 8 heteroatoms. The Hall–Kier alpha value is -1.93. The van der Waals surface area contributed by atoms with Gasteiger partial charge in [0.25, 0.3) is 5.91 Å². The SMILES string of the molecule is CN(C)S(=O)(=O)c1ccc(N2C(=O)N3CCC[C@]3(C)C2=O)cc1. The lowest BCUT2D eigenvalue weighted by molar-refractivity contribution is -0.123. The third kappa shape index (κ3) is 2.16. The van der Waals surface area contributed by atoms with Gasteiger partial charge in [0.2, 0.25) is 10.0 Å². The van der Waals surface area contributed by atoms with Gasteiger partial charge in [0.1, 0.15) is 5.54 Å². The maximum absolute atomic E-state index is 12.6. The summed E-state index contributed by atoms with van der Waals surface area (Å²) in [5.74, 6) is -0.247. The van der Waals surface area contributed by atoms with Crippen LogP contribution in [0.3, 0.4) is 0 Å². The number of urea groups is 1. The second-order valence-electron chi connectivity index (χ2n) is 6.23. The summed E-state index contributed by atoms with van der Waals surface area (Å²) in [4.78, 5) is 28.0. The summed E-state index contributed by atoms with van der Waals surface area (Å²) < 4.78 is 25.3. The Bertz CT molecular complexity index is 772. The number of fused-ring (bicyclic) bond motifs is 1. The summed E-state index contributed by atoms with van der Waals surface area (Å²) in [6, 6.07) is 5.49. The molecule has 0 bridgehead atoms. The van der Waals surface area contributed by atoms with Gasteiger partial charge in [-0.15, -0.1) is 0 Å². The Balaban J connectivity index is 1.95. The number of carbonyl (C=O) groups is 2. The Kier molecular flexibility index (Phi) is 3.49. The summed E-state index contributed by atoms with van der Waals surface area (Å²) in [6.07, 6.45) is 1.48. The lowest BCUT2D eigenvalue weighted by Gasteiger charge is -2.22. The van der Waals surface area contributed by atoms with Crippen molar-refractivity contribution in [2.45, 2.75) is 30.2 Å². The lowest BCUT2D eigenvalue weighted by atomic mass is 9.99. The molecule has 0 aromatic heterocycles. The van der Waals surface area contributed by atoms with Gasteiger partial charge in [-0.3, -0.25) is 4.79 Å². The molecule has 2 aliphatic rings. The van der Waals surface area contributed by atoms with Crippen LogP contribution in [0.25, 0.3) is 0 Å². The van der Waals surface area contributed by atoms with E-state index >= 15 is 0 Å². The lowest BCUT2D eigenvalue weighted by Crippen LogP contribution is -2.41. The minimum Gasteiger partial charge on any atom is -0.309 e. The summed E-state index contributed by atoms with van der Waals surface area (Å²) in [7, 11) is -0.636. The molecule has 3 rings (SSSR count). The third-order valence-corrected chi connectivity index (χ3v) is 6.43. The van der Waals surface area contributed by atoms with E-state index in [4.69, 9.17) is 0 Å². The molecule has 0 aliphatic carbocycles. The van der Waals surface area contributed by atoms with Crippen molar-refractivity contribution in [1.29, 1.82) is 0 Å². The number of carbonyl (C=O) groups excluding carboxylic acids is 2. The van der Waals surface area contributed by atoms with Gasteiger partial charge in [-0.2, -0.15) is 0 Å². The summed E-state index contributed by atoms with van der Waals surface area (Å²) >= 11 is 0. The van der Waals surface area contributed by atoms with Gasteiger partial charge < -0.3 is 4.90 Å². The second-order valence-corrected chi connectivity index (χ2v) is 8.39. The van der Waals surface area contributed by atoms with E-state index in [1.807, 2.05) is 0 Å². The van der Waals surface area contributed by atoms with Crippen LogP contribution >= 0.6 is 0 Å². The maximum Gasteiger partial charge on any atom is 0.332 e. The standard InChI is InChI=1S/C15H19N3O4S/c1-15-9-4-10-17(15)14(20)18(13(15)19)11-5-7-12(8-6-11)23(21,22)16(2)3/h5-8H,4,9-10H2,1-3H3/t15-/m1/s1. The van der Waals surface area contributed by atoms with E-state index in [0.29, 0.717) is 18.7 Å². The number of amides is 3. The highest BCUT2D eigenvalue weighted by atomic mass is 32.2. The molecule has 0 saturated carbocycles. The number of nitrogens with zero attached hydrogens (tertiary/aromatic N) is 3. The van der Waals surface area contributed by atoms with Crippen molar-refractivity contribution < 1.29 is 18.0 Å². The Morgan fingerprint density at radius 3 is 2.26 bits per heavy atom. The number of hydrogen-bond acceptors (Lipinski definition) is 4. The zero-order chi connectivity index (χ0) is 17.0. The molecule has 0 unspecified atom stereocenters. The quantitative estimate of drug-likeness (QED) is 0.778. The average molecular weight is 337 g/mol. The molecule has 2 aliphatic heterocycles. The topological polar surface area (TPSA) is 78.0 Å². The number of benzene rings is 1. The second kappa shape index (κ2) is 5.04. The predicted molar refractivity (Wildman–Crippen MR) is 84.5 cm³/mol. The van der Waals surface area contributed by atoms with Crippen LogP contribution < -0.4 is 4.90 Å². The molecule has 0 radical (unpaired) electrons. The van der Waals surface area contributed by atoms with Crippen molar-refractivity contribution in [3.05, 3.63) is 24.3 Å². The third-order valence-electron chi connectivity index (χ3n) is 4.60. The molecular weight excluding hydrogens is 318 g/mol. The van der Waals surface area contributed by atoms with Gasteiger partial charge in [0, 0.05) is 20.6 Å². The van der Waals surface area contributed by atoms with Gasteiger partial charge in [0.15, 0.2) is 0 Å². The highest BCUT2D eigenvalue weighted by Gasteiger charge is 2.56. The zero-order valence-electron chi connectivity index (χ0n) is 13.3. The minimum atomic E-state index is -3.54. The number of rotatable bonds is 3. The van der Waals surface area contributed by atoms with Gasteiger partial charge in [-0.1, -0.05) is 0 Å². The number of sulfonamides is 1. The number of imide groups is 1. The van der Waals surface area contributed by atoms with Crippen LogP contribution in [0, 0.1) is 0 Å². The summed E-state index contributed by atoms with van der Waals surface area (Å²) in [6.45, 7) is 2.36. The van der Waals surface area contributed by atoms with Gasteiger partial charge in [0.05, 0.1) is 10.6 Å². The average Bonchev–Trinajstić information content (AvgIpc) is 2.97. The number of anilines is 1. The molecular formula is C15H19N3O4S. The minimum absolute atomic E-state index is 0.122. The normalized spacial score (nSPS) is 24.7. The first kappa shape index (κ1) is 15.9. The molecule has 124 valence electrons. The first-order valence-corrected chi connectivity index (χ1v) is 8.82. The molecule has 2 heterocycles. The van der Waals surface area contributed by atoms with Crippen molar-refractivity contribution in [3.63, 3.8) is 0 Å². The van der Waals surface area contributed by atoms with Crippen molar-refractivity contribution in [2.75, 3.05) is 25.5 Å². The van der Waals surface area contributed by atoms with E-state index < -0.39 is 15.6 Å². The molecule has 2 saturated heterocycles. The van der Waals surface area contributed by atoms with Crippen LogP contribution in [0.2, 0.25) is 0 Å². The van der Waals surface area contributed by atoms with Crippen molar-refractivity contribution in [3.8, 4) is 0 Å². The van der Waals surface area contributed by atoms with Crippen LogP contribution in [0.1, 0.15) is 19.8 Å². The zero-order valence-corrected chi connectivity index (χ0v) is 14.1. The van der Waals surface area contributed by atoms with Gasteiger partial charge >= 0.3 is 6.03 Å². The summed E-state index contributed by atoms with van der Waals surface area (Å²) in [5.41, 5.74) is -0.376. The highest BCUT2D eigenvalue weighted by molar-refractivity contribution is 7.89. The molecule has 1 aromatic carbocycles. The monoisotopic (exact) mass is 337 g/mol. The van der Waals surface area contributed by atoms with Gasteiger partial charge in [-0.25, -0.2) is 22.4 Å². The Morgan fingerprint density at radius 2 is 1.74 bits per heavy atom. The first-order valence-electron chi connectivity index (χ1n) is 7.38. The highest BCUT2D eigenvalue weighted by Crippen LogP contribution is 2.39. The van der Waals surface area contributed by atoms with Crippen LogP contribution in [0.4, 0.5) is 10.5 Å². The molecule has 1 atom stereocenters. The van der Waals surface area contributed by atoms with Crippen molar-refractivity contribution >= 4 is 27.6 Å². The molecule has 23 heavy (non-hydrogen) atoms. The van der Waals surface area contributed by atoms with Crippen LogP contribution in [0.5, 0.6) is 0 Å².